The molecule has 1 aromatic carbocycles. The third kappa shape index (κ3) is 3.48. The molecule has 0 atom stereocenters. The molecule has 8 heteroatoms. The Morgan fingerprint density at radius 2 is 2.00 bits per heavy atom. The van der Waals surface area contributed by atoms with E-state index in [0.717, 1.165) is 0 Å². The number of para-hydroxylation sites is 1. The zero-order valence-electron chi connectivity index (χ0n) is 12.9. The van der Waals surface area contributed by atoms with Crippen LogP contribution in [0.3, 0.4) is 0 Å². The van der Waals surface area contributed by atoms with Crippen LogP contribution in [0.15, 0.2) is 58.1 Å². The first-order valence-corrected chi connectivity index (χ1v) is 7.95. The maximum Gasteiger partial charge on any atom is 0.368 e. The molecule has 0 N–H and O–H groups in total. The minimum Gasteiger partial charge on any atom is -0.419 e. The fraction of sp³-hybridized carbons (Fsp3) is 0.0588. The summed E-state index contributed by atoms with van der Waals surface area (Å²) >= 11 is 3.15. The van der Waals surface area contributed by atoms with Gasteiger partial charge in [0.05, 0.1) is 0 Å². The molecule has 126 valence electrons. The lowest BCUT2D eigenvalue weighted by molar-refractivity contribution is 0.0723. The van der Waals surface area contributed by atoms with Crippen LogP contribution in [-0.4, -0.2) is 20.7 Å². The van der Waals surface area contributed by atoms with E-state index in [4.69, 9.17) is 4.74 Å². The summed E-state index contributed by atoms with van der Waals surface area (Å²) in [6.07, 6.45) is 1.51. The minimum absolute atomic E-state index is 0.122. The molecule has 0 bridgehead atoms. The summed E-state index contributed by atoms with van der Waals surface area (Å²) in [6, 6.07) is 10.2. The molecular weight excluding hydrogens is 393 g/mol. The number of rotatable bonds is 3. The van der Waals surface area contributed by atoms with Crippen molar-refractivity contribution in [2.45, 2.75) is 6.92 Å². The number of hydrogen-bond donors (Lipinski definition) is 0. The number of carbonyl (C=O) groups is 1. The number of hydrogen-bond acceptors (Lipinski definition) is 5. The Hall–Kier alpha value is -2.87. The summed E-state index contributed by atoms with van der Waals surface area (Å²) in [4.78, 5) is 28.4. The van der Waals surface area contributed by atoms with Gasteiger partial charge in [0.2, 0.25) is 11.1 Å². The highest BCUT2D eigenvalue weighted by molar-refractivity contribution is 9.10. The van der Waals surface area contributed by atoms with Gasteiger partial charge in [0.1, 0.15) is 16.1 Å². The number of nitrogens with zero attached hydrogens (tertiary/aromatic N) is 3. The van der Waals surface area contributed by atoms with Gasteiger partial charge in [-0.3, -0.25) is 4.79 Å². The Bertz CT molecular complexity index is 1020. The van der Waals surface area contributed by atoms with Gasteiger partial charge in [-0.05, 0) is 47.1 Å². The SMILES string of the molecule is Cc1cc(=O)c(C(=O)Oc2cccnc2Br)nn1-c1ccccc1F. The number of esters is 1. The quantitative estimate of drug-likeness (QED) is 0.496. The van der Waals surface area contributed by atoms with Crippen LogP contribution in [0.1, 0.15) is 16.2 Å². The van der Waals surface area contributed by atoms with E-state index >= 15 is 0 Å². The van der Waals surface area contributed by atoms with Crippen molar-refractivity contribution in [2.24, 2.45) is 0 Å². The van der Waals surface area contributed by atoms with Crippen LogP contribution >= 0.6 is 15.9 Å². The van der Waals surface area contributed by atoms with Crippen molar-refractivity contribution in [3.63, 3.8) is 0 Å². The highest BCUT2D eigenvalue weighted by Gasteiger charge is 2.19. The van der Waals surface area contributed by atoms with Crippen LogP contribution in [0, 0.1) is 12.7 Å². The van der Waals surface area contributed by atoms with E-state index in [-0.39, 0.29) is 11.4 Å². The van der Waals surface area contributed by atoms with Crippen LogP contribution in [-0.2, 0) is 0 Å². The molecule has 2 heterocycles. The Labute approximate surface area is 150 Å². The second kappa shape index (κ2) is 6.94. The summed E-state index contributed by atoms with van der Waals surface area (Å²) < 4.78 is 20.7. The van der Waals surface area contributed by atoms with E-state index in [1.54, 1.807) is 19.1 Å². The molecule has 0 aliphatic carbocycles. The lowest BCUT2D eigenvalue weighted by Crippen LogP contribution is -2.26. The molecule has 25 heavy (non-hydrogen) atoms. The fourth-order valence-corrected chi connectivity index (χ4v) is 2.48. The van der Waals surface area contributed by atoms with Crippen LogP contribution in [0.4, 0.5) is 4.39 Å². The summed E-state index contributed by atoms with van der Waals surface area (Å²) in [7, 11) is 0. The number of pyridine rings is 1. The van der Waals surface area contributed by atoms with Crippen LogP contribution < -0.4 is 10.2 Å². The number of carbonyl (C=O) groups excluding carboxylic acids is 1. The lowest BCUT2D eigenvalue weighted by Gasteiger charge is -2.11. The molecule has 0 aliphatic heterocycles. The van der Waals surface area contributed by atoms with Crippen molar-refractivity contribution in [2.75, 3.05) is 0 Å². The minimum atomic E-state index is -0.955. The zero-order chi connectivity index (χ0) is 18.0. The van der Waals surface area contributed by atoms with Gasteiger partial charge < -0.3 is 4.74 Å². The van der Waals surface area contributed by atoms with Gasteiger partial charge in [0.25, 0.3) is 0 Å². The monoisotopic (exact) mass is 403 g/mol. The molecule has 0 saturated heterocycles. The molecule has 3 rings (SSSR count). The van der Waals surface area contributed by atoms with Crippen molar-refractivity contribution in [1.29, 1.82) is 0 Å². The van der Waals surface area contributed by atoms with E-state index in [0.29, 0.717) is 10.3 Å². The topological polar surface area (TPSA) is 74.1 Å². The number of aryl methyl sites for hydroxylation is 1. The molecule has 2 aromatic heterocycles. The Balaban J connectivity index is 2.04. The van der Waals surface area contributed by atoms with Crippen molar-refractivity contribution in [3.05, 3.63) is 80.7 Å². The highest BCUT2D eigenvalue weighted by atomic mass is 79.9. The maximum atomic E-state index is 14.0. The first kappa shape index (κ1) is 17.0. The fourth-order valence-electron chi connectivity index (χ4n) is 2.15. The van der Waals surface area contributed by atoms with Gasteiger partial charge in [-0.1, -0.05) is 12.1 Å². The largest absolute Gasteiger partial charge is 0.419 e. The van der Waals surface area contributed by atoms with Gasteiger partial charge in [0, 0.05) is 18.0 Å². The first-order valence-electron chi connectivity index (χ1n) is 7.16. The average molecular weight is 404 g/mol. The number of ether oxygens (including phenoxy) is 1. The van der Waals surface area contributed by atoms with E-state index in [1.165, 1.54) is 41.2 Å². The Morgan fingerprint density at radius 3 is 2.72 bits per heavy atom. The molecule has 0 spiro atoms. The second-order valence-electron chi connectivity index (χ2n) is 5.04. The number of aromatic nitrogens is 3. The predicted molar refractivity (Wildman–Crippen MR) is 91.4 cm³/mol. The summed E-state index contributed by atoms with van der Waals surface area (Å²) in [5, 5.41) is 3.98. The van der Waals surface area contributed by atoms with Crippen molar-refractivity contribution >= 4 is 21.9 Å². The zero-order valence-corrected chi connectivity index (χ0v) is 14.5. The normalized spacial score (nSPS) is 10.5. The molecule has 0 aliphatic rings. The van der Waals surface area contributed by atoms with Crippen LogP contribution in [0.25, 0.3) is 5.69 Å². The number of benzene rings is 1. The molecule has 0 amide bonds. The van der Waals surface area contributed by atoms with Gasteiger partial charge in [-0.2, -0.15) is 5.10 Å². The third-order valence-corrected chi connectivity index (χ3v) is 3.90. The van der Waals surface area contributed by atoms with Crippen LogP contribution in [0.2, 0.25) is 0 Å². The summed E-state index contributed by atoms with van der Waals surface area (Å²) in [6.45, 7) is 1.59. The van der Waals surface area contributed by atoms with E-state index < -0.39 is 22.9 Å². The maximum absolute atomic E-state index is 14.0. The van der Waals surface area contributed by atoms with Gasteiger partial charge in [-0.15, -0.1) is 0 Å². The van der Waals surface area contributed by atoms with E-state index in [1.807, 2.05) is 0 Å². The standard InChI is InChI=1S/C17H11BrFN3O3/c1-10-9-13(23)15(17(24)25-14-7-4-8-20-16(14)18)21-22(10)12-6-3-2-5-11(12)19/h2-9H,1H3. The third-order valence-electron chi connectivity index (χ3n) is 3.31. The predicted octanol–water partition coefficient (Wildman–Crippen LogP) is 3.06. The lowest BCUT2D eigenvalue weighted by atomic mass is 10.2. The van der Waals surface area contributed by atoms with Crippen LogP contribution in [0.5, 0.6) is 5.75 Å². The first-order chi connectivity index (χ1) is 12.0. The summed E-state index contributed by atoms with van der Waals surface area (Å²) in [5.74, 6) is -1.34. The smallest absolute Gasteiger partial charge is 0.368 e. The molecular formula is C17H11BrFN3O3. The van der Waals surface area contributed by atoms with Crippen molar-refractivity contribution in [1.82, 2.24) is 14.8 Å². The molecule has 0 unspecified atom stereocenters. The Morgan fingerprint density at radius 1 is 1.24 bits per heavy atom. The van der Waals surface area contributed by atoms with E-state index in [9.17, 15) is 14.0 Å². The molecule has 0 fully saturated rings. The molecule has 0 radical (unpaired) electrons. The second-order valence-corrected chi connectivity index (χ2v) is 5.79. The van der Waals surface area contributed by atoms with E-state index in [2.05, 4.69) is 26.0 Å². The van der Waals surface area contributed by atoms with Gasteiger partial charge in [0.15, 0.2) is 5.75 Å². The average Bonchev–Trinajstić information content (AvgIpc) is 2.58. The Kier molecular flexibility index (Phi) is 4.71. The van der Waals surface area contributed by atoms with Crippen molar-refractivity contribution in [3.8, 4) is 11.4 Å². The highest BCUT2D eigenvalue weighted by Crippen LogP contribution is 2.21. The number of halogens is 2. The molecule has 0 saturated carbocycles. The molecule has 3 aromatic rings. The van der Waals surface area contributed by atoms with Crippen molar-refractivity contribution < 1.29 is 13.9 Å². The molecule has 6 nitrogen and oxygen atoms in total. The van der Waals surface area contributed by atoms with Gasteiger partial charge in [-0.25, -0.2) is 18.9 Å². The van der Waals surface area contributed by atoms with Gasteiger partial charge >= 0.3 is 5.97 Å². The summed E-state index contributed by atoms with van der Waals surface area (Å²) in [5.41, 5.74) is -0.564.